The molecule has 0 radical (unpaired) electrons. The van der Waals surface area contributed by atoms with E-state index in [1.54, 1.807) is 12.1 Å². The van der Waals surface area contributed by atoms with Gasteiger partial charge in [0.2, 0.25) is 5.88 Å². The van der Waals surface area contributed by atoms with Crippen LogP contribution in [0.1, 0.15) is 37.9 Å². The Balaban J connectivity index is 2.76. The minimum Gasteiger partial charge on any atom is -0.476 e. The highest BCUT2D eigenvalue weighted by Crippen LogP contribution is 2.16. The van der Waals surface area contributed by atoms with Gasteiger partial charge >= 0.3 is 0 Å². The number of pyridine rings is 1. The average molecular weight is 233 g/mol. The monoisotopic (exact) mass is 233 g/mol. The molecule has 92 valence electrons. The summed E-state index contributed by atoms with van der Waals surface area (Å²) in [6, 6.07) is 5.44. The molecule has 0 spiro atoms. The molecule has 1 aromatic rings. The van der Waals surface area contributed by atoms with Crippen LogP contribution in [-0.2, 0) is 0 Å². The standard InChI is InChI=1S/C13H19N3O/c1-4-13(15,5-2)9-17-12-7-11(8-14)6-10(3)16-12/h6-7H,4-5,9,15H2,1-3H3. The summed E-state index contributed by atoms with van der Waals surface area (Å²) in [4.78, 5) is 4.22. The smallest absolute Gasteiger partial charge is 0.214 e. The highest BCUT2D eigenvalue weighted by atomic mass is 16.5. The number of hydrogen-bond donors (Lipinski definition) is 1. The van der Waals surface area contributed by atoms with Crippen LogP contribution in [-0.4, -0.2) is 17.1 Å². The molecule has 2 N–H and O–H groups in total. The van der Waals surface area contributed by atoms with Crippen molar-refractivity contribution in [2.75, 3.05) is 6.61 Å². The van der Waals surface area contributed by atoms with Gasteiger partial charge in [-0.3, -0.25) is 0 Å². The van der Waals surface area contributed by atoms with Gasteiger partial charge in [-0.1, -0.05) is 13.8 Å². The summed E-state index contributed by atoms with van der Waals surface area (Å²) >= 11 is 0. The lowest BCUT2D eigenvalue weighted by Gasteiger charge is -2.26. The Morgan fingerprint density at radius 3 is 2.59 bits per heavy atom. The lowest BCUT2D eigenvalue weighted by molar-refractivity contribution is 0.200. The number of nitrogens with zero attached hydrogens (tertiary/aromatic N) is 2. The van der Waals surface area contributed by atoms with Crippen LogP contribution in [0.4, 0.5) is 0 Å². The molecule has 0 amide bonds. The predicted molar refractivity (Wildman–Crippen MR) is 66.7 cm³/mol. The first-order valence-electron chi connectivity index (χ1n) is 5.83. The second-order valence-corrected chi connectivity index (χ2v) is 4.31. The lowest BCUT2D eigenvalue weighted by atomic mass is 9.96. The average Bonchev–Trinajstić information content (AvgIpc) is 2.35. The van der Waals surface area contributed by atoms with Crippen molar-refractivity contribution in [1.29, 1.82) is 5.26 Å². The van der Waals surface area contributed by atoms with Gasteiger partial charge in [-0.2, -0.15) is 5.26 Å². The molecule has 1 heterocycles. The summed E-state index contributed by atoms with van der Waals surface area (Å²) in [7, 11) is 0. The molecule has 0 saturated heterocycles. The molecule has 0 aliphatic heterocycles. The Morgan fingerprint density at radius 2 is 2.06 bits per heavy atom. The zero-order valence-corrected chi connectivity index (χ0v) is 10.7. The van der Waals surface area contributed by atoms with Gasteiger partial charge in [0.25, 0.3) is 0 Å². The lowest BCUT2D eigenvalue weighted by Crippen LogP contribution is -2.44. The van der Waals surface area contributed by atoms with Crippen LogP contribution in [0.15, 0.2) is 12.1 Å². The van der Waals surface area contributed by atoms with E-state index < -0.39 is 0 Å². The van der Waals surface area contributed by atoms with Crippen LogP contribution in [0, 0.1) is 18.3 Å². The van der Waals surface area contributed by atoms with Crippen molar-refractivity contribution in [2.45, 2.75) is 39.2 Å². The topological polar surface area (TPSA) is 71.9 Å². The van der Waals surface area contributed by atoms with Crippen molar-refractivity contribution in [3.05, 3.63) is 23.4 Å². The molecule has 0 saturated carbocycles. The maximum atomic E-state index is 8.85. The van der Waals surface area contributed by atoms with Crippen LogP contribution in [0.5, 0.6) is 5.88 Å². The molecule has 1 rings (SSSR count). The largest absolute Gasteiger partial charge is 0.476 e. The third kappa shape index (κ3) is 3.72. The SMILES string of the molecule is CCC(N)(CC)COc1cc(C#N)cc(C)n1. The number of rotatable bonds is 5. The molecule has 1 aromatic heterocycles. The fourth-order valence-electron chi connectivity index (χ4n) is 1.45. The summed E-state index contributed by atoms with van der Waals surface area (Å²) in [5, 5.41) is 8.85. The van der Waals surface area contributed by atoms with E-state index >= 15 is 0 Å². The number of hydrogen-bond acceptors (Lipinski definition) is 4. The molecular formula is C13H19N3O. The Bertz CT molecular complexity index is 419. The molecule has 4 heteroatoms. The first-order chi connectivity index (χ1) is 8.03. The molecule has 0 atom stereocenters. The summed E-state index contributed by atoms with van der Waals surface area (Å²) in [5.74, 6) is 0.471. The van der Waals surface area contributed by atoms with Gasteiger partial charge < -0.3 is 10.5 Å². The summed E-state index contributed by atoms with van der Waals surface area (Å²) in [6.07, 6.45) is 1.70. The van der Waals surface area contributed by atoms with Crippen molar-refractivity contribution in [3.8, 4) is 11.9 Å². The van der Waals surface area contributed by atoms with E-state index in [4.69, 9.17) is 15.7 Å². The first kappa shape index (κ1) is 13.5. The molecule has 0 bridgehead atoms. The number of nitriles is 1. The van der Waals surface area contributed by atoms with E-state index in [9.17, 15) is 0 Å². The van der Waals surface area contributed by atoms with Gasteiger partial charge in [-0.05, 0) is 25.8 Å². The van der Waals surface area contributed by atoms with E-state index in [2.05, 4.69) is 11.1 Å². The maximum Gasteiger partial charge on any atom is 0.214 e. The highest BCUT2D eigenvalue weighted by molar-refractivity contribution is 5.34. The number of aromatic nitrogens is 1. The van der Waals surface area contributed by atoms with Gasteiger partial charge in [0.1, 0.15) is 6.61 Å². The molecule has 0 aliphatic rings. The van der Waals surface area contributed by atoms with Crippen molar-refractivity contribution in [1.82, 2.24) is 4.98 Å². The molecule has 4 nitrogen and oxygen atoms in total. The highest BCUT2D eigenvalue weighted by Gasteiger charge is 2.21. The van der Waals surface area contributed by atoms with E-state index in [-0.39, 0.29) is 5.54 Å². The Hall–Kier alpha value is -1.60. The number of nitrogens with two attached hydrogens (primary N) is 1. The second-order valence-electron chi connectivity index (χ2n) is 4.31. The molecule has 0 fully saturated rings. The summed E-state index contributed by atoms with van der Waals surface area (Å²) < 4.78 is 5.59. The van der Waals surface area contributed by atoms with Gasteiger partial charge in [0.15, 0.2) is 0 Å². The van der Waals surface area contributed by atoms with Crippen LogP contribution in [0.2, 0.25) is 0 Å². The molecule has 0 aliphatic carbocycles. The third-order valence-electron chi connectivity index (χ3n) is 2.97. The summed E-state index contributed by atoms with van der Waals surface area (Å²) in [6.45, 7) is 6.33. The predicted octanol–water partition coefficient (Wildman–Crippen LogP) is 2.16. The normalized spacial score (nSPS) is 11.0. The van der Waals surface area contributed by atoms with Crippen molar-refractivity contribution in [3.63, 3.8) is 0 Å². The minimum absolute atomic E-state index is 0.321. The van der Waals surface area contributed by atoms with E-state index in [1.165, 1.54) is 0 Å². The van der Waals surface area contributed by atoms with Crippen LogP contribution in [0.25, 0.3) is 0 Å². The number of aryl methyl sites for hydroxylation is 1. The number of ether oxygens (including phenoxy) is 1. The van der Waals surface area contributed by atoms with Crippen LogP contribution in [0.3, 0.4) is 0 Å². The second kappa shape index (κ2) is 5.65. The summed E-state index contributed by atoms with van der Waals surface area (Å²) in [5.41, 5.74) is 7.15. The fraction of sp³-hybridized carbons (Fsp3) is 0.538. The van der Waals surface area contributed by atoms with E-state index in [0.29, 0.717) is 18.1 Å². The van der Waals surface area contributed by atoms with Gasteiger partial charge in [-0.15, -0.1) is 0 Å². The quantitative estimate of drug-likeness (QED) is 0.845. The van der Waals surface area contributed by atoms with Crippen molar-refractivity contribution < 1.29 is 4.74 Å². The Kier molecular flexibility index (Phi) is 4.47. The van der Waals surface area contributed by atoms with Gasteiger partial charge in [0.05, 0.1) is 11.6 Å². The maximum absolute atomic E-state index is 8.85. The zero-order valence-electron chi connectivity index (χ0n) is 10.7. The van der Waals surface area contributed by atoms with Crippen LogP contribution < -0.4 is 10.5 Å². The van der Waals surface area contributed by atoms with E-state index in [0.717, 1.165) is 18.5 Å². The van der Waals surface area contributed by atoms with Crippen molar-refractivity contribution >= 4 is 0 Å². The molecule has 0 unspecified atom stereocenters. The Labute approximate surface area is 102 Å². The van der Waals surface area contributed by atoms with Crippen LogP contribution >= 0.6 is 0 Å². The van der Waals surface area contributed by atoms with Gasteiger partial charge in [-0.25, -0.2) is 4.98 Å². The minimum atomic E-state index is -0.321. The van der Waals surface area contributed by atoms with Gasteiger partial charge in [0, 0.05) is 17.3 Å². The molecular weight excluding hydrogens is 214 g/mol. The molecule has 0 aromatic carbocycles. The van der Waals surface area contributed by atoms with E-state index in [1.807, 2.05) is 20.8 Å². The third-order valence-corrected chi connectivity index (χ3v) is 2.97. The zero-order chi connectivity index (χ0) is 12.9. The first-order valence-corrected chi connectivity index (χ1v) is 5.83. The molecule has 17 heavy (non-hydrogen) atoms. The van der Waals surface area contributed by atoms with Crippen molar-refractivity contribution in [2.24, 2.45) is 5.73 Å². The fourth-order valence-corrected chi connectivity index (χ4v) is 1.45. The Morgan fingerprint density at radius 1 is 1.41 bits per heavy atom.